The number of hydrogen-bond acceptors (Lipinski definition) is 2. The number of aromatic carboxylic acids is 1. The van der Waals surface area contributed by atoms with Crippen LogP contribution in [0.1, 0.15) is 65.2 Å². The van der Waals surface area contributed by atoms with Crippen LogP contribution in [-0.4, -0.2) is 21.7 Å². The van der Waals surface area contributed by atoms with Crippen LogP contribution in [0.2, 0.25) is 0 Å². The van der Waals surface area contributed by atoms with Crippen molar-refractivity contribution in [1.29, 1.82) is 0 Å². The highest BCUT2D eigenvalue weighted by Crippen LogP contribution is 2.42. The van der Waals surface area contributed by atoms with Crippen LogP contribution < -0.4 is 5.32 Å². The van der Waals surface area contributed by atoms with E-state index in [4.69, 9.17) is 0 Å². The minimum Gasteiger partial charge on any atom is -0.477 e. The molecule has 0 bridgehead atoms. The first kappa shape index (κ1) is 17.5. The molecule has 3 aromatic rings. The monoisotopic (exact) mass is 374 g/mol. The largest absolute Gasteiger partial charge is 0.477 e. The Morgan fingerprint density at radius 1 is 1.04 bits per heavy atom. The molecule has 0 radical (unpaired) electrons. The average molecular weight is 374 g/mol. The third kappa shape index (κ3) is 3.12. The van der Waals surface area contributed by atoms with Crippen molar-refractivity contribution < 1.29 is 9.90 Å². The van der Waals surface area contributed by atoms with Crippen molar-refractivity contribution in [3.8, 4) is 0 Å². The summed E-state index contributed by atoms with van der Waals surface area (Å²) in [6.07, 6.45) is 6.13. The van der Waals surface area contributed by atoms with Gasteiger partial charge in [0.1, 0.15) is 5.69 Å². The maximum atomic E-state index is 12.3. The molecule has 0 aliphatic heterocycles. The van der Waals surface area contributed by atoms with Crippen molar-refractivity contribution in [3.63, 3.8) is 0 Å². The molecule has 1 heterocycles. The minimum absolute atomic E-state index is 0.429. The summed E-state index contributed by atoms with van der Waals surface area (Å²) in [5.74, 6) is -0.198. The fraction of sp³-hybridized carbons (Fsp3) is 0.375. The molecule has 2 aliphatic rings. The zero-order valence-electron chi connectivity index (χ0n) is 16.0. The fourth-order valence-corrected chi connectivity index (χ4v) is 4.46. The molecular formula is C24H26N2O2. The van der Waals surface area contributed by atoms with Crippen LogP contribution in [0, 0.1) is 0 Å². The Kier molecular flexibility index (Phi) is 4.44. The van der Waals surface area contributed by atoms with Gasteiger partial charge in [0.2, 0.25) is 0 Å². The highest BCUT2D eigenvalue weighted by Gasteiger charge is 2.28. The first-order valence-electron chi connectivity index (χ1n) is 10.4. The molecule has 2 aliphatic carbocycles. The Morgan fingerprint density at radius 2 is 1.79 bits per heavy atom. The number of aromatic nitrogens is 1. The molecule has 4 heteroatoms. The summed E-state index contributed by atoms with van der Waals surface area (Å²) >= 11 is 0. The summed E-state index contributed by atoms with van der Waals surface area (Å²) in [7, 11) is 0. The predicted molar refractivity (Wildman–Crippen MR) is 111 cm³/mol. The Labute approximate surface area is 165 Å². The third-order valence-electron chi connectivity index (χ3n) is 6.35. The Morgan fingerprint density at radius 3 is 2.50 bits per heavy atom. The standard InChI is InChI=1S/C24H26N2O2/c27-24(28)23-21(14-25-18-7-5-8-18)20-10-3-4-11-22(20)26(23)15-17-6-1-2-9-19(17)16-12-13-16/h1-4,6,9-11,16,18,25H,5,7-8,12-15H2,(H,27,28). The molecule has 0 atom stereocenters. The summed E-state index contributed by atoms with van der Waals surface area (Å²) in [6, 6.07) is 17.2. The Bertz CT molecular complexity index is 1030. The van der Waals surface area contributed by atoms with E-state index >= 15 is 0 Å². The molecule has 2 fully saturated rings. The van der Waals surface area contributed by atoms with E-state index in [0.29, 0.717) is 30.7 Å². The van der Waals surface area contributed by atoms with Gasteiger partial charge >= 0.3 is 5.97 Å². The number of nitrogens with one attached hydrogen (secondary N) is 1. The van der Waals surface area contributed by atoms with E-state index in [-0.39, 0.29) is 0 Å². The van der Waals surface area contributed by atoms with E-state index in [1.807, 2.05) is 22.8 Å². The maximum absolute atomic E-state index is 12.3. The first-order chi connectivity index (χ1) is 13.7. The van der Waals surface area contributed by atoms with E-state index in [9.17, 15) is 9.90 Å². The molecule has 5 rings (SSSR count). The third-order valence-corrected chi connectivity index (χ3v) is 6.35. The SMILES string of the molecule is O=C(O)c1c(CNC2CCC2)c2ccccc2n1Cc1ccccc1C1CC1. The second-order valence-corrected chi connectivity index (χ2v) is 8.22. The quantitative estimate of drug-likeness (QED) is 0.618. The zero-order chi connectivity index (χ0) is 19.1. The normalized spacial score (nSPS) is 17.0. The van der Waals surface area contributed by atoms with Crippen LogP contribution in [-0.2, 0) is 13.1 Å². The van der Waals surface area contributed by atoms with Crippen LogP contribution in [0.25, 0.3) is 10.9 Å². The summed E-state index contributed by atoms with van der Waals surface area (Å²) in [6.45, 7) is 1.22. The molecule has 0 amide bonds. The van der Waals surface area contributed by atoms with Gasteiger partial charge in [0.05, 0.1) is 0 Å². The second-order valence-electron chi connectivity index (χ2n) is 8.22. The minimum atomic E-state index is -0.842. The van der Waals surface area contributed by atoms with E-state index in [1.165, 1.54) is 43.2 Å². The summed E-state index contributed by atoms with van der Waals surface area (Å²) in [4.78, 5) is 12.3. The Hall–Kier alpha value is -2.59. The van der Waals surface area contributed by atoms with Gasteiger partial charge in [-0.3, -0.25) is 0 Å². The average Bonchev–Trinajstić information content (AvgIpc) is 3.46. The van der Waals surface area contributed by atoms with Crippen molar-refractivity contribution in [1.82, 2.24) is 9.88 Å². The lowest BCUT2D eigenvalue weighted by Crippen LogP contribution is -2.34. The number of carbonyl (C=O) groups is 1. The van der Waals surface area contributed by atoms with E-state index in [1.54, 1.807) is 0 Å². The molecular weight excluding hydrogens is 348 g/mol. The van der Waals surface area contributed by atoms with Gasteiger partial charge in [-0.25, -0.2) is 4.79 Å². The number of hydrogen-bond donors (Lipinski definition) is 2. The van der Waals surface area contributed by atoms with Crippen LogP contribution in [0.5, 0.6) is 0 Å². The number of carboxylic acid groups (broad SMARTS) is 1. The van der Waals surface area contributed by atoms with Gasteiger partial charge in [0.15, 0.2) is 0 Å². The highest BCUT2D eigenvalue weighted by atomic mass is 16.4. The van der Waals surface area contributed by atoms with Crippen molar-refractivity contribution >= 4 is 16.9 Å². The number of fused-ring (bicyclic) bond motifs is 1. The summed E-state index contributed by atoms with van der Waals surface area (Å²) in [5.41, 5.74) is 4.98. The van der Waals surface area contributed by atoms with Crippen molar-refractivity contribution in [2.45, 2.75) is 57.2 Å². The molecule has 2 saturated carbocycles. The van der Waals surface area contributed by atoms with Crippen molar-refractivity contribution in [3.05, 3.63) is 70.9 Å². The van der Waals surface area contributed by atoms with Crippen molar-refractivity contribution in [2.24, 2.45) is 0 Å². The lowest BCUT2D eigenvalue weighted by Gasteiger charge is -2.26. The Balaban J connectivity index is 1.59. The van der Waals surface area contributed by atoms with Gasteiger partial charge in [-0.15, -0.1) is 0 Å². The molecule has 4 nitrogen and oxygen atoms in total. The molecule has 0 spiro atoms. The van der Waals surface area contributed by atoms with Gasteiger partial charge < -0.3 is 15.0 Å². The smallest absolute Gasteiger partial charge is 0.352 e. The molecule has 0 unspecified atom stereocenters. The topological polar surface area (TPSA) is 54.3 Å². The van der Waals surface area contributed by atoms with Gasteiger partial charge in [-0.2, -0.15) is 0 Å². The maximum Gasteiger partial charge on any atom is 0.352 e. The summed E-state index contributed by atoms with van der Waals surface area (Å²) < 4.78 is 2.01. The van der Waals surface area contributed by atoms with Crippen LogP contribution in [0.15, 0.2) is 48.5 Å². The fourth-order valence-electron chi connectivity index (χ4n) is 4.46. The van der Waals surface area contributed by atoms with E-state index in [0.717, 1.165) is 16.5 Å². The van der Waals surface area contributed by atoms with Crippen LogP contribution in [0.3, 0.4) is 0 Å². The predicted octanol–water partition coefficient (Wildman–Crippen LogP) is 4.91. The van der Waals surface area contributed by atoms with Crippen molar-refractivity contribution in [2.75, 3.05) is 0 Å². The number of benzene rings is 2. The highest BCUT2D eigenvalue weighted by molar-refractivity contribution is 5.98. The lowest BCUT2D eigenvalue weighted by atomic mass is 9.93. The molecule has 2 N–H and O–H groups in total. The van der Waals surface area contributed by atoms with E-state index < -0.39 is 5.97 Å². The zero-order valence-corrected chi connectivity index (χ0v) is 16.0. The lowest BCUT2D eigenvalue weighted by molar-refractivity contribution is 0.0684. The molecule has 2 aromatic carbocycles. The van der Waals surface area contributed by atoms with Crippen LogP contribution in [0.4, 0.5) is 0 Å². The molecule has 28 heavy (non-hydrogen) atoms. The van der Waals surface area contributed by atoms with Gasteiger partial charge in [0.25, 0.3) is 0 Å². The van der Waals surface area contributed by atoms with Gasteiger partial charge in [-0.1, -0.05) is 48.9 Å². The van der Waals surface area contributed by atoms with E-state index in [2.05, 4.69) is 35.6 Å². The number of carboxylic acids is 1. The summed E-state index contributed by atoms with van der Waals surface area (Å²) in [5, 5.41) is 14.7. The second kappa shape index (κ2) is 7.10. The first-order valence-corrected chi connectivity index (χ1v) is 10.4. The van der Waals surface area contributed by atoms with Crippen LogP contribution >= 0.6 is 0 Å². The van der Waals surface area contributed by atoms with Gasteiger partial charge in [0, 0.05) is 35.6 Å². The number of rotatable bonds is 7. The molecule has 144 valence electrons. The number of nitrogens with zero attached hydrogens (tertiary/aromatic N) is 1. The van der Waals surface area contributed by atoms with Gasteiger partial charge in [-0.05, 0) is 48.8 Å². The molecule has 0 saturated heterocycles. The molecule has 1 aromatic heterocycles. The number of para-hydroxylation sites is 1.